The van der Waals surface area contributed by atoms with Gasteiger partial charge in [0.05, 0.1) is 6.04 Å². The quantitative estimate of drug-likeness (QED) is 0.571. The number of nitrogens with one attached hydrogen (secondary N) is 1. The molecular formula is C22H25ClN2O2S. The number of furan rings is 1. The summed E-state index contributed by atoms with van der Waals surface area (Å²) in [5, 5.41) is 6.76. The van der Waals surface area contributed by atoms with Crippen LogP contribution in [0.3, 0.4) is 0 Å². The van der Waals surface area contributed by atoms with Crippen molar-refractivity contribution in [1.29, 1.82) is 0 Å². The van der Waals surface area contributed by atoms with Gasteiger partial charge < -0.3 is 9.73 Å². The number of benzene rings is 1. The molecule has 1 atom stereocenters. The Labute approximate surface area is 174 Å². The third kappa shape index (κ3) is 4.12. The maximum Gasteiger partial charge on any atom is 0.287 e. The predicted molar refractivity (Wildman–Crippen MR) is 115 cm³/mol. The Kier molecular flexibility index (Phi) is 6.04. The zero-order valence-electron chi connectivity index (χ0n) is 16.0. The van der Waals surface area contributed by atoms with Gasteiger partial charge in [-0.3, -0.25) is 9.69 Å². The number of carbonyl (C=O) groups is 1. The molecule has 1 aliphatic rings. The number of rotatable bonds is 5. The minimum Gasteiger partial charge on any atom is -0.451 e. The third-order valence-corrected chi connectivity index (χ3v) is 6.72. The molecule has 1 N–H and O–H groups in total. The molecule has 2 aromatic heterocycles. The Bertz CT molecular complexity index is 943. The van der Waals surface area contributed by atoms with Gasteiger partial charge in [0.1, 0.15) is 5.58 Å². The number of halogens is 1. The molecule has 3 aromatic rings. The fraction of sp³-hybridized carbons (Fsp3) is 0.409. The maximum atomic E-state index is 12.9. The topological polar surface area (TPSA) is 45.5 Å². The number of amides is 1. The van der Waals surface area contributed by atoms with Crippen LogP contribution < -0.4 is 5.32 Å². The molecule has 6 heteroatoms. The van der Waals surface area contributed by atoms with Crippen LogP contribution in [-0.2, 0) is 0 Å². The van der Waals surface area contributed by atoms with E-state index in [0.29, 0.717) is 22.9 Å². The Morgan fingerprint density at radius 2 is 2.04 bits per heavy atom. The average molecular weight is 417 g/mol. The average Bonchev–Trinajstić information content (AvgIpc) is 3.23. The first-order valence-electron chi connectivity index (χ1n) is 9.88. The molecule has 0 bridgehead atoms. The number of aryl methyl sites for hydroxylation is 1. The van der Waals surface area contributed by atoms with E-state index < -0.39 is 0 Å². The van der Waals surface area contributed by atoms with E-state index >= 15 is 0 Å². The predicted octanol–water partition coefficient (Wildman–Crippen LogP) is 5.80. The van der Waals surface area contributed by atoms with Crippen LogP contribution in [0.25, 0.3) is 11.0 Å². The van der Waals surface area contributed by atoms with Gasteiger partial charge in [0, 0.05) is 27.4 Å². The number of likely N-dealkylation sites (tertiary alicyclic amines) is 1. The first kappa shape index (κ1) is 19.5. The lowest BCUT2D eigenvalue weighted by molar-refractivity contribution is 0.0907. The molecule has 0 aliphatic carbocycles. The zero-order chi connectivity index (χ0) is 19.5. The van der Waals surface area contributed by atoms with Crippen LogP contribution in [0.15, 0.2) is 40.1 Å². The van der Waals surface area contributed by atoms with Crippen LogP contribution in [0.4, 0.5) is 0 Å². The molecule has 1 amide bonds. The molecule has 1 aromatic carbocycles. The molecule has 1 saturated heterocycles. The molecule has 4 nitrogen and oxygen atoms in total. The first-order valence-corrected chi connectivity index (χ1v) is 11.1. The highest BCUT2D eigenvalue weighted by molar-refractivity contribution is 7.10. The SMILES string of the molecule is Cc1c(C(=O)NC[C@H](c2cccs2)N2CCCCCC2)oc2ccc(Cl)cc12. The summed E-state index contributed by atoms with van der Waals surface area (Å²) in [6, 6.07) is 9.90. The van der Waals surface area contributed by atoms with Crippen molar-refractivity contribution in [2.45, 2.75) is 38.6 Å². The molecule has 0 radical (unpaired) electrons. The fourth-order valence-corrected chi connectivity index (χ4v) is 5.01. The van der Waals surface area contributed by atoms with E-state index in [2.05, 4.69) is 27.7 Å². The van der Waals surface area contributed by atoms with Gasteiger partial charge in [-0.1, -0.05) is 30.5 Å². The Morgan fingerprint density at radius 1 is 1.25 bits per heavy atom. The monoisotopic (exact) mass is 416 g/mol. The lowest BCUT2D eigenvalue weighted by Crippen LogP contribution is -2.38. The highest BCUT2D eigenvalue weighted by Gasteiger charge is 2.24. The van der Waals surface area contributed by atoms with E-state index in [9.17, 15) is 4.79 Å². The number of fused-ring (bicyclic) bond motifs is 1. The fourth-order valence-electron chi connectivity index (χ4n) is 3.98. The van der Waals surface area contributed by atoms with Crippen LogP contribution in [0, 0.1) is 6.92 Å². The second-order valence-electron chi connectivity index (χ2n) is 7.39. The van der Waals surface area contributed by atoms with E-state index in [1.54, 1.807) is 17.4 Å². The van der Waals surface area contributed by atoms with Crippen molar-refractivity contribution in [1.82, 2.24) is 10.2 Å². The van der Waals surface area contributed by atoms with Gasteiger partial charge in [-0.05, 0) is 62.5 Å². The Hall–Kier alpha value is -1.82. The summed E-state index contributed by atoms with van der Waals surface area (Å²) in [5.74, 6) is 0.208. The second-order valence-corrected chi connectivity index (χ2v) is 8.80. The Balaban J connectivity index is 1.52. The molecule has 1 fully saturated rings. The Morgan fingerprint density at radius 3 is 2.75 bits per heavy atom. The summed E-state index contributed by atoms with van der Waals surface area (Å²) < 4.78 is 5.82. The van der Waals surface area contributed by atoms with Crippen molar-refractivity contribution in [3.05, 3.63) is 56.9 Å². The van der Waals surface area contributed by atoms with Gasteiger partial charge in [-0.2, -0.15) is 0 Å². The van der Waals surface area contributed by atoms with Crippen LogP contribution in [0.1, 0.15) is 52.7 Å². The van der Waals surface area contributed by atoms with Crippen LogP contribution >= 0.6 is 22.9 Å². The minimum absolute atomic E-state index is 0.166. The second kappa shape index (κ2) is 8.68. The van der Waals surface area contributed by atoms with Gasteiger partial charge in [-0.25, -0.2) is 0 Å². The van der Waals surface area contributed by atoms with Crippen molar-refractivity contribution >= 4 is 39.8 Å². The van der Waals surface area contributed by atoms with E-state index in [1.165, 1.54) is 30.6 Å². The molecule has 3 heterocycles. The molecule has 0 saturated carbocycles. The smallest absolute Gasteiger partial charge is 0.287 e. The number of hydrogen-bond donors (Lipinski definition) is 1. The molecule has 4 rings (SSSR count). The number of hydrogen-bond acceptors (Lipinski definition) is 4. The van der Waals surface area contributed by atoms with Crippen molar-refractivity contribution in [2.75, 3.05) is 19.6 Å². The number of carbonyl (C=O) groups excluding carboxylic acids is 1. The van der Waals surface area contributed by atoms with Gasteiger partial charge >= 0.3 is 0 Å². The van der Waals surface area contributed by atoms with Gasteiger partial charge in [-0.15, -0.1) is 11.3 Å². The van der Waals surface area contributed by atoms with Crippen LogP contribution in [0.2, 0.25) is 5.02 Å². The summed E-state index contributed by atoms with van der Waals surface area (Å²) in [7, 11) is 0. The van der Waals surface area contributed by atoms with E-state index in [-0.39, 0.29) is 11.9 Å². The van der Waals surface area contributed by atoms with Gasteiger partial charge in [0.25, 0.3) is 5.91 Å². The van der Waals surface area contributed by atoms with E-state index in [0.717, 1.165) is 24.0 Å². The largest absolute Gasteiger partial charge is 0.451 e. The summed E-state index contributed by atoms with van der Waals surface area (Å²) in [6.45, 7) is 4.65. The van der Waals surface area contributed by atoms with Crippen molar-refractivity contribution in [2.24, 2.45) is 0 Å². The zero-order valence-corrected chi connectivity index (χ0v) is 17.6. The van der Waals surface area contributed by atoms with E-state index in [1.807, 2.05) is 19.1 Å². The third-order valence-electron chi connectivity index (χ3n) is 5.51. The molecule has 1 aliphatic heterocycles. The lowest BCUT2D eigenvalue weighted by Gasteiger charge is -2.30. The highest BCUT2D eigenvalue weighted by Crippen LogP contribution is 2.29. The van der Waals surface area contributed by atoms with Crippen molar-refractivity contribution < 1.29 is 9.21 Å². The summed E-state index contributed by atoms with van der Waals surface area (Å²) in [5.41, 5.74) is 1.52. The minimum atomic E-state index is -0.166. The van der Waals surface area contributed by atoms with Gasteiger partial charge in [0.15, 0.2) is 5.76 Å². The van der Waals surface area contributed by atoms with E-state index in [4.69, 9.17) is 16.0 Å². The number of thiophene rings is 1. The lowest BCUT2D eigenvalue weighted by atomic mass is 10.1. The molecule has 0 spiro atoms. The highest BCUT2D eigenvalue weighted by atomic mass is 35.5. The molecule has 0 unspecified atom stereocenters. The number of nitrogens with zero attached hydrogens (tertiary/aromatic N) is 1. The summed E-state index contributed by atoms with van der Waals surface area (Å²) in [6.07, 6.45) is 5.03. The van der Waals surface area contributed by atoms with Crippen LogP contribution in [0.5, 0.6) is 0 Å². The first-order chi connectivity index (χ1) is 13.6. The molecule has 148 valence electrons. The maximum absolute atomic E-state index is 12.9. The van der Waals surface area contributed by atoms with Crippen LogP contribution in [-0.4, -0.2) is 30.4 Å². The molecular weight excluding hydrogens is 392 g/mol. The standard InChI is InChI=1S/C22H25ClN2O2S/c1-15-17-13-16(23)8-9-19(17)27-21(15)22(26)24-14-18(20-7-6-12-28-20)25-10-4-2-3-5-11-25/h6-9,12-13,18H,2-5,10-11,14H2,1H3,(H,24,26)/t18-/m1/s1. The normalized spacial score (nSPS) is 16.8. The van der Waals surface area contributed by atoms with Gasteiger partial charge in [0.2, 0.25) is 0 Å². The van der Waals surface area contributed by atoms with Crippen molar-refractivity contribution in [3.8, 4) is 0 Å². The summed E-state index contributed by atoms with van der Waals surface area (Å²) >= 11 is 7.85. The molecule has 28 heavy (non-hydrogen) atoms. The van der Waals surface area contributed by atoms with Crippen molar-refractivity contribution in [3.63, 3.8) is 0 Å². The summed E-state index contributed by atoms with van der Waals surface area (Å²) in [4.78, 5) is 16.7.